The lowest BCUT2D eigenvalue weighted by Crippen LogP contribution is -2.25. The molecule has 5 nitrogen and oxygen atoms in total. The molecule has 0 aliphatic carbocycles. The molecule has 0 saturated heterocycles. The van der Waals surface area contributed by atoms with Gasteiger partial charge in [-0.15, -0.1) is 0 Å². The van der Waals surface area contributed by atoms with E-state index < -0.39 is 9.84 Å². The van der Waals surface area contributed by atoms with Crippen molar-refractivity contribution in [1.82, 2.24) is 5.43 Å². The monoisotopic (exact) mass is 361 g/mol. The van der Waals surface area contributed by atoms with Crippen LogP contribution in [0.2, 0.25) is 0 Å². The summed E-state index contributed by atoms with van der Waals surface area (Å²) in [7, 11) is -3.30. The van der Waals surface area contributed by atoms with E-state index in [0.717, 1.165) is 0 Å². The second-order valence-corrected chi connectivity index (χ2v) is 7.41. The predicted molar refractivity (Wildman–Crippen MR) is 81.9 cm³/mol. The molecule has 0 spiro atoms. The Morgan fingerprint density at radius 1 is 1.47 bits per heavy atom. The summed E-state index contributed by atoms with van der Waals surface area (Å²) in [6, 6.07) is 5.23. The van der Waals surface area contributed by atoms with E-state index in [4.69, 9.17) is 18.0 Å². The van der Waals surface area contributed by atoms with Crippen molar-refractivity contribution in [2.45, 2.75) is 17.7 Å². The van der Waals surface area contributed by atoms with Gasteiger partial charge in [0.25, 0.3) is 0 Å². The van der Waals surface area contributed by atoms with Gasteiger partial charge in [-0.05, 0) is 47.1 Å². The number of thiocarbonyl (C=S) groups is 1. The minimum absolute atomic E-state index is 0.0520. The first-order chi connectivity index (χ1) is 8.92. The number of nitrogens with zero attached hydrogens (tertiary/aromatic N) is 1. The first-order valence-electron chi connectivity index (χ1n) is 5.55. The summed E-state index contributed by atoms with van der Waals surface area (Å²) in [6.07, 6.45) is 1.07. The Labute approximate surface area is 125 Å². The summed E-state index contributed by atoms with van der Waals surface area (Å²) in [5.74, 6) is 0.106. The number of nitrogens with one attached hydrogen (secondary N) is 1. The third-order valence-corrected chi connectivity index (χ3v) is 5.62. The number of rotatable bonds is 1. The van der Waals surface area contributed by atoms with Gasteiger partial charge >= 0.3 is 0 Å². The molecule has 1 aromatic carbocycles. The first-order valence-corrected chi connectivity index (χ1v) is 8.41. The third kappa shape index (κ3) is 3.13. The van der Waals surface area contributed by atoms with E-state index >= 15 is 0 Å². The summed E-state index contributed by atoms with van der Waals surface area (Å²) in [6.45, 7) is 0. The van der Waals surface area contributed by atoms with Crippen LogP contribution >= 0.6 is 28.1 Å². The van der Waals surface area contributed by atoms with Gasteiger partial charge in [0.15, 0.2) is 14.9 Å². The quantitative estimate of drug-likeness (QED) is 0.585. The van der Waals surface area contributed by atoms with E-state index in [0.29, 0.717) is 28.6 Å². The average Bonchev–Trinajstić information content (AvgIpc) is 2.44. The van der Waals surface area contributed by atoms with Gasteiger partial charge in [-0.1, -0.05) is 12.1 Å². The fraction of sp³-hybridized carbons (Fsp3) is 0.273. The van der Waals surface area contributed by atoms with Crippen LogP contribution in [0.3, 0.4) is 0 Å². The third-order valence-electron chi connectivity index (χ3n) is 2.72. The van der Waals surface area contributed by atoms with Crippen LogP contribution in [0.1, 0.15) is 18.4 Å². The van der Waals surface area contributed by atoms with Gasteiger partial charge in [-0.25, -0.2) is 8.42 Å². The van der Waals surface area contributed by atoms with Crippen LogP contribution in [-0.2, 0) is 9.84 Å². The van der Waals surface area contributed by atoms with Crippen molar-refractivity contribution < 1.29 is 8.42 Å². The molecule has 0 unspecified atom stereocenters. The molecule has 1 aliphatic heterocycles. The highest BCUT2D eigenvalue weighted by atomic mass is 79.9. The summed E-state index contributed by atoms with van der Waals surface area (Å²) < 4.78 is 25.0. The molecule has 1 aliphatic rings. The molecule has 0 amide bonds. The molecule has 0 radical (unpaired) electrons. The van der Waals surface area contributed by atoms with E-state index in [1.165, 1.54) is 0 Å². The van der Waals surface area contributed by atoms with Crippen LogP contribution in [-0.4, -0.2) is 25.0 Å². The highest BCUT2D eigenvalue weighted by molar-refractivity contribution is 9.10. The number of sulfone groups is 1. The molecule has 0 saturated carbocycles. The smallest absolute Gasteiger partial charge is 0.184 e. The fourth-order valence-corrected chi connectivity index (χ4v) is 4.72. The van der Waals surface area contributed by atoms with Crippen LogP contribution in [0.5, 0.6) is 0 Å². The molecule has 102 valence electrons. The van der Waals surface area contributed by atoms with Crippen LogP contribution in [0.4, 0.5) is 0 Å². The lowest BCUT2D eigenvalue weighted by atomic mass is 10.1. The van der Waals surface area contributed by atoms with Crippen molar-refractivity contribution in [2.75, 3.05) is 5.75 Å². The standard InChI is InChI=1S/C11H12BrN3O2S2/c12-8-4-1-3-7-9(14-15-11(13)18)5-2-6-19(16,17)10(7)8/h1,3-4H,2,5-6H2,(H3,13,15,18). The van der Waals surface area contributed by atoms with Crippen LogP contribution < -0.4 is 11.2 Å². The van der Waals surface area contributed by atoms with E-state index in [1.807, 2.05) is 0 Å². The molecule has 19 heavy (non-hydrogen) atoms. The molecule has 0 bridgehead atoms. The number of nitrogens with two attached hydrogens (primary N) is 1. The highest BCUT2D eigenvalue weighted by Gasteiger charge is 2.27. The molecule has 1 heterocycles. The molecule has 8 heteroatoms. The second-order valence-electron chi connectivity index (χ2n) is 4.07. The highest BCUT2D eigenvalue weighted by Crippen LogP contribution is 2.31. The van der Waals surface area contributed by atoms with Crippen molar-refractivity contribution in [3.05, 3.63) is 28.2 Å². The SMILES string of the molecule is NC(=S)NN=C1CCCS(=O)(=O)c2c(Br)cccc21. The summed E-state index contributed by atoms with van der Waals surface area (Å²) in [5, 5.41) is 4.16. The Morgan fingerprint density at radius 2 is 2.21 bits per heavy atom. The number of fused-ring (bicyclic) bond motifs is 1. The van der Waals surface area contributed by atoms with Crippen LogP contribution in [0.25, 0.3) is 0 Å². The molecule has 0 atom stereocenters. The number of halogens is 1. The van der Waals surface area contributed by atoms with Crippen molar-refractivity contribution >= 4 is 48.8 Å². The minimum atomic E-state index is -3.30. The van der Waals surface area contributed by atoms with Gasteiger partial charge in [0.2, 0.25) is 0 Å². The van der Waals surface area contributed by atoms with Gasteiger partial charge in [0, 0.05) is 10.0 Å². The maximum absolute atomic E-state index is 12.2. The van der Waals surface area contributed by atoms with Crippen LogP contribution in [0.15, 0.2) is 32.7 Å². The van der Waals surface area contributed by atoms with Gasteiger partial charge < -0.3 is 5.73 Å². The first kappa shape index (κ1) is 14.4. The van der Waals surface area contributed by atoms with E-state index in [-0.39, 0.29) is 15.8 Å². The van der Waals surface area contributed by atoms with E-state index in [1.54, 1.807) is 18.2 Å². The maximum Gasteiger partial charge on any atom is 0.184 e. The van der Waals surface area contributed by atoms with Gasteiger partial charge in [-0.3, -0.25) is 5.43 Å². The fourth-order valence-electron chi connectivity index (χ4n) is 1.96. The largest absolute Gasteiger partial charge is 0.375 e. The molecule has 0 fully saturated rings. The van der Waals surface area contributed by atoms with E-state index in [2.05, 4.69) is 26.5 Å². The Bertz CT molecular complexity index is 656. The molecule has 0 aromatic heterocycles. The Balaban J connectivity index is 2.61. The molecular formula is C11H12BrN3O2S2. The van der Waals surface area contributed by atoms with Gasteiger partial charge in [-0.2, -0.15) is 5.10 Å². The molecule has 2 rings (SSSR count). The lowest BCUT2D eigenvalue weighted by molar-refractivity contribution is 0.594. The van der Waals surface area contributed by atoms with Gasteiger partial charge in [0.1, 0.15) is 0 Å². The molecule has 1 aromatic rings. The zero-order valence-corrected chi connectivity index (χ0v) is 13.1. The zero-order valence-electron chi connectivity index (χ0n) is 9.89. The van der Waals surface area contributed by atoms with E-state index in [9.17, 15) is 8.42 Å². The summed E-state index contributed by atoms with van der Waals surface area (Å²) >= 11 is 7.99. The Kier molecular flexibility index (Phi) is 4.22. The predicted octanol–water partition coefficient (Wildman–Crippen LogP) is 1.55. The van der Waals surface area contributed by atoms with Gasteiger partial charge in [0.05, 0.1) is 16.4 Å². The average molecular weight is 362 g/mol. The normalized spacial score (nSPS) is 19.5. The number of hydrogen-bond acceptors (Lipinski definition) is 4. The second kappa shape index (κ2) is 5.56. The molecular weight excluding hydrogens is 350 g/mol. The number of benzene rings is 1. The van der Waals surface area contributed by atoms with Crippen molar-refractivity contribution in [1.29, 1.82) is 0 Å². The zero-order chi connectivity index (χ0) is 14.0. The summed E-state index contributed by atoms with van der Waals surface area (Å²) in [5.41, 5.74) is 9.09. The van der Waals surface area contributed by atoms with Crippen LogP contribution in [0, 0.1) is 0 Å². The summed E-state index contributed by atoms with van der Waals surface area (Å²) in [4.78, 5) is 0.288. The number of hydrazone groups is 1. The van der Waals surface area contributed by atoms with Crippen molar-refractivity contribution in [3.63, 3.8) is 0 Å². The van der Waals surface area contributed by atoms with Crippen molar-refractivity contribution in [3.8, 4) is 0 Å². The van der Waals surface area contributed by atoms with Crippen molar-refractivity contribution in [2.24, 2.45) is 10.8 Å². The topological polar surface area (TPSA) is 84.5 Å². The molecule has 3 N–H and O–H groups in total. The Morgan fingerprint density at radius 3 is 2.89 bits per heavy atom. The minimum Gasteiger partial charge on any atom is -0.375 e. The Hall–Kier alpha value is -0.990. The number of hydrogen-bond donors (Lipinski definition) is 2. The maximum atomic E-state index is 12.2. The lowest BCUT2D eigenvalue weighted by Gasteiger charge is -2.09.